The smallest absolute Gasteiger partial charge is 0.420 e. The minimum atomic E-state index is -4.58. The third-order valence-electron chi connectivity index (χ3n) is 3.87. The molecule has 6 heteroatoms. The van der Waals surface area contributed by atoms with E-state index in [1.165, 1.54) is 19.6 Å². The molecule has 0 bridgehead atoms. The lowest BCUT2D eigenvalue weighted by atomic mass is 10.0. The molecule has 1 saturated heterocycles. The number of phenolic OH excluding ortho intramolecular Hbond substituents is 1. The summed E-state index contributed by atoms with van der Waals surface area (Å²) < 4.78 is 43.2. The van der Waals surface area contributed by atoms with Crippen molar-refractivity contribution in [2.45, 2.75) is 31.9 Å². The fourth-order valence-corrected chi connectivity index (χ4v) is 2.73. The summed E-state index contributed by atoms with van der Waals surface area (Å²) >= 11 is 0. The van der Waals surface area contributed by atoms with Gasteiger partial charge in [-0.25, -0.2) is 0 Å². The number of methoxy groups -OCH3 is 1. The molecule has 1 heterocycles. The Labute approximate surface area is 122 Å². The van der Waals surface area contributed by atoms with Gasteiger partial charge in [-0.05, 0) is 44.0 Å². The Morgan fingerprint density at radius 3 is 2.43 bits per heavy atom. The number of rotatable bonds is 4. The number of piperidine rings is 1. The lowest BCUT2D eigenvalue weighted by molar-refractivity contribution is -0.138. The van der Waals surface area contributed by atoms with Gasteiger partial charge < -0.3 is 14.7 Å². The van der Waals surface area contributed by atoms with E-state index in [9.17, 15) is 18.3 Å². The van der Waals surface area contributed by atoms with Crippen LogP contribution in [0.3, 0.4) is 0 Å². The van der Waals surface area contributed by atoms with Crippen molar-refractivity contribution < 1.29 is 23.0 Å². The highest BCUT2D eigenvalue weighted by molar-refractivity contribution is 5.52. The third kappa shape index (κ3) is 3.81. The zero-order valence-electron chi connectivity index (χ0n) is 12.0. The summed E-state index contributed by atoms with van der Waals surface area (Å²) in [6, 6.07) is 2.31. The molecule has 1 aliphatic rings. The van der Waals surface area contributed by atoms with E-state index in [1.54, 1.807) is 0 Å². The van der Waals surface area contributed by atoms with Crippen LogP contribution in [0.5, 0.6) is 11.5 Å². The molecule has 21 heavy (non-hydrogen) atoms. The Hall–Kier alpha value is -1.43. The Kier molecular flexibility index (Phi) is 4.98. The summed E-state index contributed by atoms with van der Waals surface area (Å²) in [7, 11) is 1.28. The van der Waals surface area contributed by atoms with Crippen molar-refractivity contribution in [2.75, 3.05) is 26.7 Å². The summed E-state index contributed by atoms with van der Waals surface area (Å²) in [5.41, 5.74) is -0.449. The zero-order valence-corrected chi connectivity index (χ0v) is 12.0. The second-order valence-electron chi connectivity index (χ2n) is 5.30. The molecule has 0 spiro atoms. The van der Waals surface area contributed by atoms with Crippen LogP contribution in [-0.2, 0) is 12.6 Å². The molecule has 0 amide bonds. The molecule has 1 aliphatic heterocycles. The number of alkyl halides is 3. The lowest BCUT2D eigenvalue weighted by Crippen LogP contribution is -2.31. The van der Waals surface area contributed by atoms with Crippen LogP contribution in [0.2, 0.25) is 0 Å². The molecule has 0 radical (unpaired) electrons. The Bertz CT molecular complexity index is 483. The highest BCUT2D eigenvalue weighted by Gasteiger charge is 2.35. The summed E-state index contributed by atoms with van der Waals surface area (Å²) in [6.07, 6.45) is -0.455. The molecule has 0 aromatic heterocycles. The zero-order chi connectivity index (χ0) is 15.5. The van der Waals surface area contributed by atoms with Gasteiger partial charge in [0.2, 0.25) is 0 Å². The van der Waals surface area contributed by atoms with E-state index in [0.717, 1.165) is 38.5 Å². The molecular weight excluding hydrogens is 283 g/mol. The Morgan fingerprint density at radius 1 is 1.19 bits per heavy atom. The first-order chi connectivity index (χ1) is 9.93. The van der Waals surface area contributed by atoms with Gasteiger partial charge in [0.1, 0.15) is 5.56 Å². The first kappa shape index (κ1) is 15.9. The predicted molar refractivity (Wildman–Crippen MR) is 73.7 cm³/mol. The normalized spacial score (nSPS) is 17.0. The summed E-state index contributed by atoms with van der Waals surface area (Å²) in [5.74, 6) is -0.886. The number of nitrogens with zero attached hydrogens (tertiary/aromatic N) is 1. The SMILES string of the molecule is COc1c(CCN2CCCCC2)ccc(C(F)(F)F)c1O. The van der Waals surface area contributed by atoms with Gasteiger partial charge in [0.25, 0.3) is 0 Å². The van der Waals surface area contributed by atoms with Crippen LogP contribution < -0.4 is 4.74 Å². The molecule has 0 unspecified atom stereocenters. The van der Waals surface area contributed by atoms with Gasteiger partial charge in [0.05, 0.1) is 7.11 Å². The van der Waals surface area contributed by atoms with Gasteiger partial charge in [-0.2, -0.15) is 13.2 Å². The van der Waals surface area contributed by atoms with Crippen molar-refractivity contribution in [1.29, 1.82) is 0 Å². The summed E-state index contributed by atoms with van der Waals surface area (Å²) in [5, 5.41) is 9.78. The van der Waals surface area contributed by atoms with Crippen LogP contribution in [0.15, 0.2) is 12.1 Å². The number of ether oxygens (including phenoxy) is 1. The van der Waals surface area contributed by atoms with Crippen molar-refractivity contribution in [3.05, 3.63) is 23.3 Å². The maximum absolute atomic E-state index is 12.7. The molecule has 2 rings (SSSR count). The van der Waals surface area contributed by atoms with Crippen LogP contribution in [0, 0.1) is 0 Å². The van der Waals surface area contributed by atoms with E-state index in [0.29, 0.717) is 12.0 Å². The number of phenols is 1. The van der Waals surface area contributed by atoms with Crippen molar-refractivity contribution in [3.8, 4) is 11.5 Å². The Balaban J connectivity index is 2.14. The van der Waals surface area contributed by atoms with Crippen molar-refractivity contribution in [3.63, 3.8) is 0 Å². The van der Waals surface area contributed by atoms with Crippen molar-refractivity contribution in [2.24, 2.45) is 0 Å². The predicted octanol–water partition coefficient (Wildman–Crippen LogP) is 3.45. The molecule has 1 fully saturated rings. The monoisotopic (exact) mass is 303 g/mol. The first-order valence-corrected chi connectivity index (χ1v) is 7.12. The fraction of sp³-hybridized carbons (Fsp3) is 0.600. The standard InChI is InChI=1S/C15H20F3NO2/c1-21-14-11(7-10-19-8-3-2-4-9-19)5-6-12(13(14)20)15(16,17)18/h5-6,20H,2-4,7-10H2,1H3. The molecule has 3 nitrogen and oxygen atoms in total. The van der Waals surface area contributed by atoms with E-state index >= 15 is 0 Å². The van der Waals surface area contributed by atoms with Gasteiger partial charge in [0, 0.05) is 6.54 Å². The number of aromatic hydroxyl groups is 1. The number of halogens is 3. The number of hydrogen-bond donors (Lipinski definition) is 1. The van der Waals surface area contributed by atoms with Crippen LogP contribution >= 0.6 is 0 Å². The van der Waals surface area contributed by atoms with Crippen LogP contribution in [0.1, 0.15) is 30.4 Å². The average molecular weight is 303 g/mol. The van der Waals surface area contributed by atoms with Gasteiger partial charge in [-0.1, -0.05) is 12.5 Å². The molecule has 118 valence electrons. The topological polar surface area (TPSA) is 32.7 Å². The second kappa shape index (κ2) is 6.56. The van der Waals surface area contributed by atoms with E-state index in [-0.39, 0.29) is 5.75 Å². The van der Waals surface area contributed by atoms with Crippen molar-refractivity contribution >= 4 is 0 Å². The quantitative estimate of drug-likeness (QED) is 0.925. The molecular formula is C15H20F3NO2. The molecule has 0 atom stereocenters. The third-order valence-corrected chi connectivity index (χ3v) is 3.87. The highest BCUT2D eigenvalue weighted by Crippen LogP contribution is 2.42. The van der Waals surface area contributed by atoms with E-state index in [4.69, 9.17) is 4.74 Å². The fourth-order valence-electron chi connectivity index (χ4n) is 2.73. The van der Waals surface area contributed by atoms with Crippen LogP contribution in [0.25, 0.3) is 0 Å². The van der Waals surface area contributed by atoms with Gasteiger partial charge in [0.15, 0.2) is 11.5 Å². The van der Waals surface area contributed by atoms with Crippen LogP contribution in [-0.4, -0.2) is 36.8 Å². The maximum Gasteiger partial charge on any atom is 0.420 e. The molecule has 1 aromatic rings. The largest absolute Gasteiger partial charge is 0.504 e. The van der Waals surface area contributed by atoms with Gasteiger partial charge in [-0.3, -0.25) is 0 Å². The van der Waals surface area contributed by atoms with E-state index in [1.807, 2.05) is 0 Å². The number of hydrogen-bond acceptors (Lipinski definition) is 3. The lowest BCUT2D eigenvalue weighted by Gasteiger charge is -2.26. The van der Waals surface area contributed by atoms with Crippen molar-refractivity contribution in [1.82, 2.24) is 4.90 Å². The Morgan fingerprint density at radius 2 is 1.86 bits per heavy atom. The van der Waals surface area contributed by atoms with E-state index < -0.39 is 17.5 Å². The minimum Gasteiger partial charge on any atom is -0.504 e. The molecule has 1 aromatic carbocycles. The molecule has 1 N–H and O–H groups in total. The number of benzene rings is 1. The number of likely N-dealkylation sites (tertiary alicyclic amines) is 1. The average Bonchev–Trinajstić information content (AvgIpc) is 2.45. The van der Waals surface area contributed by atoms with Gasteiger partial charge >= 0.3 is 6.18 Å². The molecule has 0 saturated carbocycles. The molecule has 0 aliphatic carbocycles. The summed E-state index contributed by atoms with van der Waals surface area (Å²) in [4.78, 5) is 2.29. The maximum atomic E-state index is 12.7. The summed E-state index contributed by atoms with van der Waals surface area (Å²) in [6.45, 7) is 2.81. The second-order valence-corrected chi connectivity index (χ2v) is 5.30. The first-order valence-electron chi connectivity index (χ1n) is 7.12. The van der Waals surface area contributed by atoms with Crippen LogP contribution in [0.4, 0.5) is 13.2 Å². The van der Waals surface area contributed by atoms with E-state index in [2.05, 4.69) is 4.90 Å². The highest BCUT2D eigenvalue weighted by atomic mass is 19.4. The minimum absolute atomic E-state index is 0.0677. The van der Waals surface area contributed by atoms with Gasteiger partial charge in [-0.15, -0.1) is 0 Å².